The van der Waals surface area contributed by atoms with Gasteiger partial charge in [0.1, 0.15) is 11.5 Å². The number of rotatable bonds is 2. The van der Waals surface area contributed by atoms with Crippen LogP contribution >= 0.6 is 0 Å². The Morgan fingerprint density at radius 2 is 1.96 bits per heavy atom. The summed E-state index contributed by atoms with van der Waals surface area (Å²) < 4.78 is 11.8. The quantitative estimate of drug-likeness (QED) is 0.835. The van der Waals surface area contributed by atoms with Gasteiger partial charge in [-0.3, -0.25) is 4.98 Å². The lowest BCUT2D eigenvalue weighted by Gasteiger charge is -2.42. The molecule has 0 atom stereocenters. The predicted octanol–water partition coefficient (Wildman–Crippen LogP) is 4.13. The van der Waals surface area contributed by atoms with Gasteiger partial charge in [0, 0.05) is 41.4 Å². The molecule has 0 radical (unpaired) electrons. The fourth-order valence-corrected chi connectivity index (χ4v) is 3.38. The molecular weight excluding hydrogens is 300 g/mol. The maximum atomic E-state index is 6.35. The molecule has 2 aliphatic rings. The number of methoxy groups -OCH3 is 1. The first-order valence-electron chi connectivity index (χ1n) is 8.43. The zero-order valence-corrected chi connectivity index (χ0v) is 14.6. The number of aliphatic imine (C=N–C) groups is 1. The minimum absolute atomic E-state index is 0.405. The van der Waals surface area contributed by atoms with Gasteiger partial charge < -0.3 is 9.47 Å². The van der Waals surface area contributed by atoms with E-state index in [4.69, 9.17) is 14.5 Å². The Balaban J connectivity index is 1.92. The van der Waals surface area contributed by atoms with Crippen LogP contribution in [-0.2, 0) is 0 Å². The highest BCUT2D eigenvalue weighted by atomic mass is 16.5. The molecule has 4 rings (SSSR count). The van der Waals surface area contributed by atoms with Crippen molar-refractivity contribution in [3.8, 4) is 11.5 Å². The zero-order chi connectivity index (χ0) is 16.9. The van der Waals surface area contributed by atoms with E-state index in [9.17, 15) is 0 Å². The van der Waals surface area contributed by atoms with Gasteiger partial charge in [0.15, 0.2) is 0 Å². The molecule has 124 valence electrons. The topological polar surface area (TPSA) is 43.7 Å². The summed E-state index contributed by atoms with van der Waals surface area (Å²) >= 11 is 0. The van der Waals surface area contributed by atoms with Crippen LogP contribution in [-0.4, -0.2) is 23.5 Å². The maximum absolute atomic E-state index is 6.35. The third kappa shape index (κ3) is 2.20. The average molecular weight is 322 g/mol. The number of hydrogen-bond donors (Lipinski definition) is 0. The molecule has 0 saturated heterocycles. The molecule has 1 aliphatic carbocycles. The van der Waals surface area contributed by atoms with Crippen molar-refractivity contribution < 1.29 is 9.47 Å². The summed E-state index contributed by atoms with van der Waals surface area (Å²) in [6, 6.07) is 6.20. The first kappa shape index (κ1) is 15.2. The van der Waals surface area contributed by atoms with Crippen LogP contribution in [0, 0.1) is 20.8 Å². The Hall–Kier alpha value is -2.36. The molecule has 1 aromatic heterocycles. The molecule has 0 bridgehead atoms. The number of fused-ring (bicyclic) bond motifs is 1. The summed E-state index contributed by atoms with van der Waals surface area (Å²) in [6.45, 7) is 6.16. The van der Waals surface area contributed by atoms with Crippen molar-refractivity contribution in [2.24, 2.45) is 4.99 Å². The average Bonchev–Trinajstić information content (AvgIpc) is 2.56. The van der Waals surface area contributed by atoms with E-state index in [0.29, 0.717) is 0 Å². The van der Waals surface area contributed by atoms with Crippen LogP contribution in [0.15, 0.2) is 29.4 Å². The second kappa shape index (κ2) is 5.33. The molecule has 1 saturated carbocycles. The van der Waals surface area contributed by atoms with Gasteiger partial charge >= 0.3 is 0 Å². The van der Waals surface area contributed by atoms with Crippen LogP contribution in [0.2, 0.25) is 0 Å². The molecular formula is C20H22N2O2. The van der Waals surface area contributed by atoms with E-state index in [-0.39, 0.29) is 0 Å². The Morgan fingerprint density at radius 1 is 1.17 bits per heavy atom. The van der Waals surface area contributed by atoms with E-state index < -0.39 is 5.72 Å². The van der Waals surface area contributed by atoms with Crippen molar-refractivity contribution in [2.75, 3.05) is 7.11 Å². The summed E-state index contributed by atoms with van der Waals surface area (Å²) in [4.78, 5) is 9.54. The Labute approximate surface area is 142 Å². The van der Waals surface area contributed by atoms with Crippen LogP contribution in [0.1, 0.15) is 47.2 Å². The highest BCUT2D eigenvalue weighted by Gasteiger charge is 2.43. The van der Waals surface area contributed by atoms with Gasteiger partial charge in [-0.25, -0.2) is 4.99 Å². The lowest BCUT2D eigenvalue weighted by molar-refractivity contribution is -0.00228. The lowest BCUT2D eigenvalue weighted by Crippen LogP contribution is -2.45. The van der Waals surface area contributed by atoms with E-state index in [1.807, 2.05) is 32.2 Å². The molecule has 24 heavy (non-hydrogen) atoms. The molecule has 2 aromatic rings. The largest absolute Gasteiger partial charge is 0.496 e. The van der Waals surface area contributed by atoms with Crippen molar-refractivity contribution in [3.63, 3.8) is 0 Å². The molecule has 0 unspecified atom stereocenters. The van der Waals surface area contributed by atoms with Crippen LogP contribution in [0.5, 0.6) is 11.5 Å². The molecule has 4 nitrogen and oxygen atoms in total. The molecule has 2 heterocycles. The monoisotopic (exact) mass is 322 g/mol. The minimum atomic E-state index is -0.405. The van der Waals surface area contributed by atoms with E-state index in [1.165, 1.54) is 5.56 Å². The van der Waals surface area contributed by atoms with Crippen LogP contribution in [0.3, 0.4) is 0 Å². The highest BCUT2D eigenvalue weighted by Crippen LogP contribution is 2.46. The summed E-state index contributed by atoms with van der Waals surface area (Å²) in [5.74, 6) is 1.75. The standard InChI is InChI=1S/C20H22N2O2/c1-12-10-15(11-21-14(12)3)18-16-6-7-17(23-4)13(2)19(16)24-20(22-18)8-5-9-20/h6-7,10-11H,5,8-9H2,1-4H3. The fraction of sp³-hybridized carbons (Fsp3) is 0.400. The second-order valence-corrected chi connectivity index (χ2v) is 6.76. The van der Waals surface area contributed by atoms with E-state index in [2.05, 4.69) is 18.0 Å². The molecule has 0 amide bonds. The highest BCUT2D eigenvalue weighted by molar-refractivity contribution is 6.15. The molecule has 1 aliphatic heterocycles. The molecule has 1 spiro atoms. The van der Waals surface area contributed by atoms with Gasteiger partial charge in [0.25, 0.3) is 0 Å². The first-order valence-corrected chi connectivity index (χ1v) is 8.43. The van der Waals surface area contributed by atoms with Crippen molar-refractivity contribution in [1.82, 2.24) is 4.98 Å². The Bertz CT molecular complexity index is 851. The van der Waals surface area contributed by atoms with Crippen molar-refractivity contribution in [3.05, 3.63) is 52.3 Å². The number of aromatic nitrogens is 1. The Kier molecular flexibility index (Phi) is 3.37. The third-order valence-electron chi connectivity index (χ3n) is 5.19. The number of pyridine rings is 1. The summed E-state index contributed by atoms with van der Waals surface area (Å²) in [5.41, 5.74) is 5.92. The molecule has 1 fully saturated rings. The third-order valence-corrected chi connectivity index (χ3v) is 5.19. The second-order valence-electron chi connectivity index (χ2n) is 6.76. The minimum Gasteiger partial charge on any atom is -0.496 e. The van der Waals surface area contributed by atoms with Crippen LogP contribution < -0.4 is 9.47 Å². The van der Waals surface area contributed by atoms with Gasteiger partial charge in [0.05, 0.1) is 12.8 Å². The predicted molar refractivity (Wildman–Crippen MR) is 94.3 cm³/mol. The lowest BCUT2D eigenvalue weighted by atomic mass is 9.85. The van der Waals surface area contributed by atoms with Gasteiger partial charge in [-0.1, -0.05) is 0 Å². The van der Waals surface area contributed by atoms with Crippen LogP contribution in [0.25, 0.3) is 0 Å². The number of aryl methyl sites for hydroxylation is 2. The molecule has 1 aromatic carbocycles. The molecule has 0 N–H and O–H groups in total. The SMILES string of the molecule is COc1ccc2c(c1C)OC1(CCC1)N=C2c1cnc(C)c(C)c1. The summed E-state index contributed by atoms with van der Waals surface area (Å²) in [6.07, 6.45) is 5.00. The maximum Gasteiger partial charge on any atom is 0.200 e. The van der Waals surface area contributed by atoms with Crippen LogP contribution in [0.4, 0.5) is 0 Å². The van der Waals surface area contributed by atoms with Crippen molar-refractivity contribution in [2.45, 2.75) is 45.8 Å². The van der Waals surface area contributed by atoms with Gasteiger partial charge in [-0.05, 0) is 51.0 Å². The van der Waals surface area contributed by atoms with Crippen molar-refractivity contribution >= 4 is 5.71 Å². The molecule has 4 heteroatoms. The van der Waals surface area contributed by atoms with E-state index >= 15 is 0 Å². The van der Waals surface area contributed by atoms with E-state index in [1.54, 1.807) is 7.11 Å². The fourth-order valence-electron chi connectivity index (χ4n) is 3.38. The van der Waals surface area contributed by atoms with Crippen molar-refractivity contribution in [1.29, 1.82) is 0 Å². The van der Waals surface area contributed by atoms with E-state index in [0.717, 1.165) is 58.9 Å². The summed E-state index contributed by atoms with van der Waals surface area (Å²) in [7, 11) is 1.69. The van der Waals surface area contributed by atoms with Gasteiger partial charge in [-0.15, -0.1) is 0 Å². The number of hydrogen-bond acceptors (Lipinski definition) is 4. The zero-order valence-electron chi connectivity index (χ0n) is 14.6. The number of ether oxygens (including phenoxy) is 2. The first-order chi connectivity index (χ1) is 11.5. The number of nitrogens with zero attached hydrogens (tertiary/aromatic N) is 2. The smallest absolute Gasteiger partial charge is 0.200 e. The van der Waals surface area contributed by atoms with Gasteiger partial charge in [-0.2, -0.15) is 0 Å². The normalized spacial score (nSPS) is 17.6. The Morgan fingerprint density at radius 3 is 2.58 bits per heavy atom. The number of benzene rings is 1. The van der Waals surface area contributed by atoms with Gasteiger partial charge in [0.2, 0.25) is 5.72 Å². The summed E-state index contributed by atoms with van der Waals surface area (Å²) in [5, 5.41) is 0.